The van der Waals surface area contributed by atoms with Gasteiger partial charge in [-0.15, -0.1) is 11.6 Å². The Balaban J connectivity index is 2.41. The molecular formula is C8H8ClF3N2. The highest BCUT2D eigenvalue weighted by Crippen LogP contribution is 2.43. The Labute approximate surface area is 83.4 Å². The average Bonchev–Trinajstić information content (AvgIpc) is 2.82. The molecule has 0 bridgehead atoms. The number of halogens is 4. The van der Waals surface area contributed by atoms with Crippen molar-refractivity contribution in [3.05, 3.63) is 17.0 Å². The van der Waals surface area contributed by atoms with Crippen molar-refractivity contribution in [3.63, 3.8) is 0 Å². The summed E-state index contributed by atoms with van der Waals surface area (Å²) >= 11 is 5.50. The highest BCUT2D eigenvalue weighted by Gasteiger charge is 2.40. The first-order valence-electron chi connectivity index (χ1n) is 4.24. The Morgan fingerprint density at radius 2 is 2.07 bits per heavy atom. The summed E-state index contributed by atoms with van der Waals surface area (Å²) in [6.45, 7) is 0. The number of hydrogen-bond acceptors (Lipinski definition) is 1. The first kappa shape index (κ1) is 9.83. The lowest BCUT2D eigenvalue weighted by molar-refractivity contribution is -0.141. The van der Waals surface area contributed by atoms with E-state index in [0.29, 0.717) is 5.69 Å². The fourth-order valence-electron chi connectivity index (χ4n) is 1.46. The van der Waals surface area contributed by atoms with Crippen molar-refractivity contribution in [2.45, 2.75) is 30.8 Å². The Morgan fingerprint density at radius 3 is 2.50 bits per heavy atom. The van der Waals surface area contributed by atoms with E-state index in [1.807, 2.05) is 0 Å². The molecule has 0 aromatic carbocycles. The van der Waals surface area contributed by atoms with Gasteiger partial charge in [0.05, 0.1) is 5.88 Å². The Kier molecular flexibility index (Phi) is 2.21. The van der Waals surface area contributed by atoms with E-state index in [1.54, 1.807) is 0 Å². The highest BCUT2D eigenvalue weighted by molar-refractivity contribution is 6.17. The first-order valence-corrected chi connectivity index (χ1v) is 4.77. The minimum atomic E-state index is -4.41. The molecule has 2 nitrogen and oxygen atoms in total. The molecule has 0 atom stereocenters. The quantitative estimate of drug-likeness (QED) is 0.769. The second kappa shape index (κ2) is 3.15. The van der Waals surface area contributed by atoms with Crippen molar-refractivity contribution < 1.29 is 13.2 Å². The molecule has 1 saturated carbocycles. The topological polar surface area (TPSA) is 28.7 Å². The zero-order chi connectivity index (χ0) is 10.3. The number of rotatable bonds is 2. The number of alkyl halides is 4. The van der Waals surface area contributed by atoms with Gasteiger partial charge >= 0.3 is 6.18 Å². The smallest absolute Gasteiger partial charge is 0.281 e. The maximum Gasteiger partial charge on any atom is 0.435 e. The maximum absolute atomic E-state index is 12.4. The van der Waals surface area contributed by atoms with Crippen molar-refractivity contribution in [2.75, 3.05) is 0 Å². The predicted octanol–water partition coefficient (Wildman–Crippen LogP) is 3.04. The molecular weight excluding hydrogens is 217 g/mol. The van der Waals surface area contributed by atoms with Crippen LogP contribution in [-0.2, 0) is 12.1 Å². The fraction of sp³-hybridized carbons (Fsp3) is 0.625. The van der Waals surface area contributed by atoms with E-state index >= 15 is 0 Å². The average molecular weight is 225 g/mol. The molecule has 1 aliphatic carbocycles. The summed E-state index contributed by atoms with van der Waals surface area (Å²) in [4.78, 5) is 0. The number of H-pyrrole nitrogens is 1. The summed E-state index contributed by atoms with van der Waals surface area (Å²) in [7, 11) is 0. The third-order valence-electron chi connectivity index (χ3n) is 2.29. The van der Waals surface area contributed by atoms with Gasteiger partial charge in [0.1, 0.15) is 0 Å². The molecule has 1 fully saturated rings. The van der Waals surface area contributed by atoms with Crippen LogP contribution >= 0.6 is 11.6 Å². The van der Waals surface area contributed by atoms with Gasteiger partial charge in [-0.05, 0) is 12.8 Å². The van der Waals surface area contributed by atoms with E-state index < -0.39 is 11.9 Å². The van der Waals surface area contributed by atoms with Crippen LogP contribution in [0, 0.1) is 0 Å². The second-order valence-electron chi connectivity index (χ2n) is 3.37. The molecule has 1 N–H and O–H groups in total. The van der Waals surface area contributed by atoms with E-state index in [2.05, 4.69) is 10.2 Å². The monoisotopic (exact) mass is 224 g/mol. The fourth-order valence-corrected chi connectivity index (χ4v) is 1.73. The summed E-state index contributed by atoms with van der Waals surface area (Å²) in [5, 5.41) is 5.72. The van der Waals surface area contributed by atoms with E-state index in [-0.39, 0.29) is 17.4 Å². The summed E-state index contributed by atoms with van der Waals surface area (Å²) < 4.78 is 37.2. The summed E-state index contributed by atoms with van der Waals surface area (Å²) in [5.41, 5.74) is -0.191. The standard InChI is InChI=1S/C8H8ClF3N2/c9-3-5-6(4-1-2-4)13-14-7(5)8(10,11)12/h4H,1-3H2,(H,13,14). The van der Waals surface area contributed by atoms with Crippen LogP contribution in [0.15, 0.2) is 0 Å². The van der Waals surface area contributed by atoms with E-state index in [0.717, 1.165) is 12.8 Å². The zero-order valence-electron chi connectivity index (χ0n) is 7.16. The van der Waals surface area contributed by atoms with Crippen LogP contribution < -0.4 is 0 Å². The van der Waals surface area contributed by atoms with Gasteiger partial charge in [0.15, 0.2) is 5.69 Å². The van der Waals surface area contributed by atoms with Crippen LogP contribution in [0.5, 0.6) is 0 Å². The number of aromatic amines is 1. The lowest BCUT2D eigenvalue weighted by atomic mass is 10.1. The van der Waals surface area contributed by atoms with Crippen LogP contribution in [0.2, 0.25) is 0 Å². The van der Waals surface area contributed by atoms with Crippen LogP contribution in [0.25, 0.3) is 0 Å². The van der Waals surface area contributed by atoms with Crippen LogP contribution in [0.1, 0.15) is 35.7 Å². The Hall–Kier alpha value is -0.710. The molecule has 6 heteroatoms. The SMILES string of the molecule is FC(F)(F)c1n[nH]c(C2CC2)c1CCl. The molecule has 1 aromatic heterocycles. The van der Waals surface area contributed by atoms with Crippen molar-refractivity contribution in [1.82, 2.24) is 10.2 Å². The van der Waals surface area contributed by atoms with Gasteiger partial charge in [-0.3, -0.25) is 5.10 Å². The summed E-state index contributed by atoms with van der Waals surface area (Å²) in [6.07, 6.45) is -2.57. The van der Waals surface area contributed by atoms with Crippen molar-refractivity contribution in [2.24, 2.45) is 0 Å². The zero-order valence-corrected chi connectivity index (χ0v) is 7.91. The first-order chi connectivity index (χ1) is 6.54. The molecule has 0 saturated heterocycles. The largest absolute Gasteiger partial charge is 0.435 e. The van der Waals surface area contributed by atoms with Gasteiger partial charge in [-0.1, -0.05) is 0 Å². The molecule has 0 unspecified atom stereocenters. The summed E-state index contributed by atoms with van der Waals surface area (Å²) in [5.74, 6) is 0.0596. The molecule has 1 heterocycles. The molecule has 0 radical (unpaired) electrons. The molecule has 2 rings (SSSR count). The molecule has 1 aromatic rings. The Bertz CT molecular complexity index is 341. The predicted molar refractivity (Wildman–Crippen MR) is 45.1 cm³/mol. The van der Waals surface area contributed by atoms with Crippen LogP contribution in [0.4, 0.5) is 13.2 Å². The molecule has 0 aliphatic heterocycles. The third kappa shape index (κ3) is 1.61. The third-order valence-corrected chi connectivity index (χ3v) is 2.55. The van der Waals surface area contributed by atoms with Gasteiger partial charge in [-0.2, -0.15) is 18.3 Å². The maximum atomic E-state index is 12.4. The molecule has 1 aliphatic rings. The van der Waals surface area contributed by atoms with Gasteiger partial charge in [0.2, 0.25) is 0 Å². The van der Waals surface area contributed by atoms with Crippen LogP contribution in [0.3, 0.4) is 0 Å². The van der Waals surface area contributed by atoms with Crippen LogP contribution in [-0.4, -0.2) is 10.2 Å². The van der Waals surface area contributed by atoms with Gasteiger partial charge in [-0.25, -0.2) is 0 Å². The minimum absolute atomic E-state index is 0.113. The number of nitrogens with zero attached hydrogens (tertiary/aromatic N) is 1. The van der Waals surface area contributed by atoms with Gasteiger partial charge in [0.25, 0.3) is 0 Å². The van der Waals surface area contributed by atoms with Crippen molar-refractivity contribution in [1.29, 1.82) is 0 Å². The molecule has 0 spiro atoms. The second-order valence-corrected chi connectivity index (χ2v) is 3.64. The Morgan fingerprint density at radius 1 is 1.43 bits per heavy atom. The van der Waals surface area contributed by atoms with E-state index in [1.165, 1.54) is 0 Å². The number of nitrogens with one attached hydrogen (secondary N) is 1. The normalized spacial score (nSPS) is 17.4. The highest BCUT2D eigenvalue weighted by atomic mass is 35.5. The van der Waals surface area contributed by atoms with Crippen molar-refractivity contribution >= 4 is 11.6 Å². The van der Waals surface area contributed by atoms with E-state index in [4.69, 9.17) is 11.6 Å². The van der Waals surface area contributed by atoms with Crippen molar-refractivity contribution in [3.8, 4) is 0 Å². The molecule has 14 heavy (non-hydrogen) atoms. The van der Waals surface area contributed by atoms with Gasteiger partial charge < -0.3 is 0 Å². The van der Waals surface area contributed by atoms with Gasteiger partial charge in [0, 0.05) is 17.2 Å². The number of hydrogen-bond donors (Lipinski definition) is 1. The summed E-state index contributed by atoms with van der Waals surface area (Å²) in [6, 6.07) is 0. The lowest BCUT2D eigenvalue weighted by Gasteiger charge is -2.04. The molecule has 0 amide bonds. The number of aromatic nitrogens is 2. The van der Waals surface area contributed by atoms with E-state index in [9.17, 15) is 13.2 Å². The minimum Gasteiger partial charge on any atom is -0.281 e. The molecule has 78 valence electrons. The lowest BCUT2D eigenvalue weighted by Crippen LogP contribution is -2.08.